The van der Waals surface area contributed by atoms with Crippen molar-refractivity contribution in [3.8, 4) is 5.88 Å². The van der Waals surface area contributed by atoms with E-state index in [1.807, 2.05) is 18.2 Å². The largest absolute Gasteiger partial charge is 0.476 e. The van der Waals surface area contributed by atoms with E-state index in [2.05, 4.69) is 25.8 Å². The Bertz CT molecular complexity index is 972. The van der Waals surface area contributed by atoms with Gasteiger partial charge in [-0.1, -0.05) is 12.1 Å². The number of carbonyl (C=O) groups is 1. The van der Waals surface area contributed by atoms with Crippen LogP contribution in [0.1, 0.15) is 21.6 Å². The van der Waals surface area contributed by atoms with E-state index in [4.69, 9.17) is 18.9 Å². The first kappa shape index (κ1) is 24.1. The van der Waals surface area contributed by atoms with Gasteiger partial charge in [0.1, 0.15) is 6.61 Å². The van der Waals surface area contributed by atoms with Crippen molar-refractivity contribution >= 4 is 17.9 Å². The molecule has 1 aromatic heterocycles. The molecule has 3 heterocycles. The normalized spacial score (nSPS) is 17.1. The number of methoxy groups -OCH3 is 1. The minimum absolute atomic E-state index is 0.367. The number of nitrogens with zero attached hydrogens (tertiary/aromatic N) is 4. The van der Waals surface area contributed by atoms with Crippen molar-refractivity contribution in [1.29, 1.82) is 0 Å². The number of hydrogen-bond acceptors (Lipinski definition) is 9. The van der Waals surface area contributed by atoms with Gasteiger partial charge in [0.05, 0.1) is 51.3 Å². The molecule has 182 valence electrons. The highest BCUT2D eigenvalue weighted by Crippen LogP contribution is 2.23. The summed E-state index contributed by atoms with van der Waals surface area (Å²) < 4.78 is 21.7. The molecule has 4 rings (SSSR count). The summed E-state index contributed by atoms with van der Waals surface area (Å²) in [5.41, 5.74) is 3.22. The second-order valence-electron chi connectivity index (χ2n) is 8.14. The highest BCUT2D eigenvalue weighted by molar-refractivity contribution is 5.92. The zero-order valence-corrected chi connectivity index (χ0v) is 19.6. The van der Waals surface area contributed by atoms with Gasteiger partial charge >= 0.3 is 5.97 Å². The summed E-state index contributed by atoms with van der Waals surface area (Å²) in [6, 6.07) is 11.2. The molecule has 2 aliphatic rings. The summed E-state index contributed by atoms with van der Waals surface area (Å²) in [6.45, 7) is 8.31. The Morgan fingerprint density at radius 1 is 1.09 bits per heavy atom. The lowest BCUT2D eigenvalue weighted by molar-refractivity contribution is 0.0320. The molecule has 9 heteroatoms. The van der Waals surface area contributed by atoms with Crippen molar-refractivity contribution in [3.05, 3.63) is 53.2 Å². The Kier molecular flexibility index (Phi) is 8.84. The van der Waals surface area contributed by atoms with Crippen LogP contribution >= 0.6 is 0 Å². The molecule has 0 aliphatic carbocycles. The fourth-order valence-corrected chi connectivity index (χ4v) is 3.92. The van der Waals surface area contributed by atoms with Gasteiger partial charge in [0.2, 0.25) is 5.88 Å². The van der Waals surface area contributed by atoms with Crippen LogP contribution in [-0.2, 0) is 20.8 Å². The Balaban J connectivity index is 1.43. The zero-order chi connectivity index (χ0) is 23.6. The second-order valence-corrected chi connectivity index (χ2v) is 8.14. The number of aromatic nitrogens is 1. The van der Waals surface area contributed by atoms with Gasteiger partial charge in [-0.25, -0.2) is 9.78 Å². The van der Waals surface area contributed by atoms with Crippen LogP contribution in [0.15, 0.2) is 41.4 Å². The Morgan fingerprint density at radius 2 is 1.85 bits per heavy atom. The van der Waals surface area contributed by atoms with Gasteiger partial charge in [-0.3, -0.25) is 9.89 Å². The third-order valence-corrected chi connectivity index (χ3v) is 5.78. The average Bonchev–Trinajstić information content (AvgIpc) is 2.89. The van der Waals surface area contributed by atoms with Crippen molar-refractivity contribution in [2.24, 2.45) is 4.99 Å². The number of esters is 1. The quantitative estimate of drug-likeness (QED) is 0.408. The van der Waals surface area contributed by atoms with E-state index in [0.717, 1.165) is 62.9 Å². The number of carbonyl (C=O) groups excluding carboxylic acids is 1. The monoisotopic (exact) mass is 468 g/mol. The molecule has 0 amide bonds. The molecule has 0 bridgehead atoms. The Morgan fingerprint density at radius 3 is 2.62 bits per heavy atom. The topological polar surface area (TPSA) is 85.7 Å². The molecule has 2 fully saturated rings. The maximum absolute atomic E-state index is 11.8. The first-order chi connectivity index (χ1) is 16.7. The van der Waals surface area contributed by atoms with E-state index in [1.165, 1.54) is 7.11 Å². The van der Waals surface area contributed by atoms with E-state index in [-0.39, 0.29) is 5.97 Å². The number of pyridine rings is 1. The van der Waals surface area contributed by atoms with Crippen LogP contribution in [0.2, 0.25) is 0 Å². The van der Waals surface area contributed by atoms with Crippen LogP contribution in [0.5, 0.6) is 5.88 Å². The number of morpholine rings is 2. The highest BCUT2D eigenvalue weighted by atomic mass is 16.5. The van der Waals surface area contributed by atoms with Gasteiger partial charge in [0, 0.05) is 50.7 Å². The fraction of sp³-hybridized carbons (Fsp3) is 0.480. The van der Waals surface area contributed by atoms with Crippen LogP contribution in [0.3, 0.4) is 0 Å². The predicted molar refractivity (Wildman–Crippen MR) is 129 cm³/mol. The van der Waals surface area contributed by atoms with Crippen molar-refractivity contribution in [1.82, 2.24) is 9.88 Å². The van der Waals surface area contributed by atoms with Gasteiger partial charge in [0.15, 0.2) is 0 Å². The van der Waals surface area contributed by atoms with Gasteiger partial charge < -0.3 is 23.8 Å². The van der Waals surface area contributed by atoms with E-state index in [1.54, 1.807) is 18.3 Å². The molecular formula is C25H32N4O5. The molecule has 34 heavy (non-hydrogen) atoms. The maximum atomic E-state index is 11.8. The summed E-state index contributed by atoms with van der Waals surface area (Å²) in [5, 5.41) is 0. The van der Waals surface area contributed by atoms with Gasteiger partial charge in [0.25, 0.3) is 0 Å². The summed E-state index contributed by atoms with van der Waals surface area (Å²) in [6.07, 6.45) is 1.74. The molecule has 2 saturated heterocycles. The zero-order valence-electron chi connectivity index (χ0n) is 19.6. The van der Waals surface area contributed by atoms with E-state index in [0.29, 0.717) is 37.8 Å². The number of anilines is 1. The molecule has 2 aliphatic heterocycles. The first-order valence-electron chi connectivity index (χ1n) is 11.7. The lowest BCUT2D eigenvalue weighted by atomic mass is 10.1. The summed E-state index contributed by atoms with van der Waals surface area (Å²) in [4.78, 5) is 25.6. The molecular weight excluding hydrogens is 436 g/mol. The smallest absolute Gasteiger partial charge is 0.337 e. The van der Waals surface area contributed by atoms with Crippen LogP contribution in [0.4, 0.5) is 5.69 Å². The number of benzene rings is 1. The highest BCUT2D eigenvalue weighted by Gasteiger charge is 2.15. The summed E-state index contributed by atoms with van der Waals surface area (Å²) >= 11 is 0. The van der Waals surface area contributed by atoms with Crippen LogP contribution in [-0.4, -0.2) is 94.9 Å². The van der Waals surface area contributed by atoms with E-state index in [9.17, 15) is 4.79 Å². The van der Waals surface area contributed by atoms with Crippen LogP contribution < -0.4 is 9.64 Å². The summed E-state index contributed by atoms with van der Waals surface area (Å²) in [7, 11) is 1.37. The van der Waals surface area contributed by atoms with Gasteiger partial charge in [-0.15, -0.1) is 0 Å². The molecule has 0 saturated carbocycles. The standard InChI is InChI=1S/C25H32N4O5/c1-31-25(30)21-4-2-3-20(15-21)18-26-19-22-16-23(29-8-12-33-13-9-29)17-24(27-22)34-14-7-28-5-10-32-11-6-28/h2-4,15-18H,5-14,19H2,1H3. The van der Waals surface area contributed by atoms with Crippen LogP contribution in [0.25, 0.3) is 0 Å². The van der Waals surface area contributed by atoms with Crippen molar-refractivity contribution < 1.29 is 23.7 Å². The number of rotatable bonds is 9. The number of hydrogen-bond donors (Lipinski definition) is 0. The number of aliphatic imine (C=N–C) groups is 1. The SMILES string of the molecule is COC(=O)c1cccc(C=NCc2cc(N3CCOCC3)cc(OCCN3CCOCC3)n2)c1. The van der Waals surface area contributed by atoms with E-state index < -0.39 is 0 Å². The minimum atomic E-state index is -0.367. The fourth-order valence-electron chi connectivity index (χ4n) is 3.92. The lowest BCUT2D eigenvalue weighted by Crippen LogP contribution is -2.38. The second kappa shape index (κ2) is 12.5. The van der Waals surface area contributed by atoms with Crippen LogP contribution in [0, 0.1) is 0 Å². The lowest BCUT2D eigenvalue weighted by Gasteiger charge is -2.29. The molecule has 9 nitrogen and oxygen atoms in total. The molecule has 0 spiro atoms. The third kappa shape index (κ3) is 6.99. The predicted octanol–water partition coefficient (Wildman–Crippen LogP) is 2.03. The third-order valence-electron chi connectivity index (χ3n) is 5.78. The van der Waals surface area contributed by atoms with Crippen molar-refractivity contribution in [2.75, 3.05) is 77.8 Å². The first-order valence-corrected chi connectivity index (χ1v) is 11.7. The summed E-state index contributed by atoms with van der Waals surface area (Å²) in [5.74, 6) is 0.240. The van der Waals surface area contributed by atoms with Gasteiger partial charge in [-0.05, 0) is 23.8 Å². The molecule has 0 radical (unpaired) electrons. The minimum Gasteiger partial charge on any atom is -0.476 e. The van der Waals surface area contributed by atoms with Crippen molar-refractivity contribution in [2.45, 2.75) is 6.54 Å². The van der Waals surface area contributed by atoms with E-state index >= 15 is 0 Å². The molecule has 2 aromatic rings. The Labute approximate surface area is 200 Å². The number of ether oxygens (including phenoxy) is 4. The Hall–Kier alpha value is -3.01. The van der Waals surface area contributed by atoms with Gasteiger partial charge in [-0.2, -0.15) is 0 Å². The van der Waals surface area contributed by atoms with Crippen molar-refractivity contribution in [3.63, 3.8) is 0 Å². The molecule has 1 aromatic carbocycles. The average molecular weight is 469 g/mol. The molecule has 0 unspecified atom stereocenters. The maximum Gasteiger partial charge on any atom is 0.337 e. The molecule has 0 N–H and O–H groups in total. The molecule has 0 atom stereocenters.